The zero-order chi connectivity index (χ0) is 23.1. The van der Waals surface area contributed by atoms with Crippen LogP contribution in [0.2, 0.25) is 0 Å². The molecule has 0 saturated heterocycles. The van der Waals surface area contributed by atoms with Crippen LogP contribution in [0.5, 0.6) is 0 Å². The van der Waals surface area contributed by atoms with Gasteiger partial charge in [0, 0.05) is 25.7 Å². The molecule has 0 unspecified atom stereocenters. The fraction of sp³-hybridized carbons (Fsp3) is 0.348. The van der Waals surface area contributed by atoms with Crippen LogP contribution in [0.1, 0.15) is 43.1 Å². The van der Waals surface area contributed by atoms with Crippen molar-refractivity contribution >= 4 is 38.4 Å². The lowest BCUT2D eigenvalue weighted by Crippen LogP contribution is -2.19. The van der Waals surface area contributed by atoms with E-state index in [1.165, 1.54) is 30.2 Å². The van der Waals surface area contributed by atoms with Crippen molar-refractivity contribution < 1.29 is 9.18 Å². The van der Waals surface area contributed by atoms with Gasteiger partial charge in [0.25, 0.3) is 5.91 Å². The van der Waals surface area contributed by atoms with Crippen molar-refractivity contribution in [1.82, 2.24) is 24.7 Å². The van der Waals surface area contributed by atoms with Gasteiger partial charge in [-0.05, 0) is 50.8 Å². The van der Waals surface area contributed by atoms with Gasteiger partial charge >= 0.3 is 0 Å². The standard InChI is InChI=1S/C23H24FN7OS/c1-13(2)31-12-25-29-21(31)17-5-4-6-20(26-17)28-22(32)15-9-19-18(10-16(15)24)27-23(33-19)30(3)11-14-7-8-14/h4-6,9-10,12-14H,7-8,11H2,1-3H3,(H,26,28,32). The number of thiazole rings is 1. The highest BCUT2D eigenvalue weighted by Gasteiger charge is 2.24. The summed E-state index contributed by atoms with van der Waals surface area (Å²) in [7, 11) is 2.00. The topological polar surface area (TPSA) is 88.8 Å². The molecule has 0 spiro atoms. The molecule has 1 aliphatic carbocycles. The molecule has 1 aliphatic rings. The van der Waals surface area contributed by atoms with E-state index < -0.39 is 11.7 Å². The van der Waals surface area contributed by atoms with E-state index in [4.69, 9.17) is 0 Å². The van der Waals surface area contributed by atoms with Gasteiger partial charge in [-0.15, -0.1) is 10.2 Å². The molecular weight excluding hydrogens is 441 g/mol. The summed E-state index contributed by atoms with van der Waals surface area (Å²) >= 11 is 1.46. The van der Waals surface area contributed by atoms with E-state index in [2.05, 4.69) is 30.4 Å². The van der Waals surface area contributed by atoms with E-state index in [0.717, 1.165) is 22.3 Å². The number of rotatable bonds is 7. The number of amides is 1. The molecule has 170 valence electrons. The van der Waals surface area contributed by atoms with E-state index in [1.807, 2.05) is 25.5 Å². The Hall–Kier alpha value is -3.40. The lowest BCUT2D eigenvalue weighted by atomic mass is 10.2. The van der Waals surface area contributed by atoms with Crippen LogP contribution in [0.15, 0.2) is 36.7 Å². The van der Waals surface area contributed by atoms with Crippen LogP contribution >= 0.6 is 11.3 Å². The Balaban J connectivity index is 1.38. The Kier molecular flexibility index (Phi) is 5.53. The first kappa shape index (κ1) is 21.4. The second-order valence-corrected chi connectivity index (χ2v) is 9.65. The average Bonchev–Trinajstić information content (AvgIpc) is 3.29. The van der Waals surface area contributed by atoms with Crippen molar-refractivity contribution in [2.75, 3.05) is 23.8 Å². The van der Waals surface area contributed by atoms with Gasteiger partial charge in [-0.25, -0.2) is 14.4 Å². The first-order chi connectivity index (χ1) is 15.9. The number of benzene rings is 1. The summed E-state index contributed by atoms with van der Waals surface area (Å²) < 4.78 is 17.5. The van der Waals surface area contributed by atoms with Crippen molar-refractivity contribution in [2.45, 2.75) is 32.7 Å². The fourth-order valence-electron chi connectivity index (χ4n) is 3.66. The molecule has 1 fully saturated rings. The number of aromatic nitrogens is 5. The van der Waals surface area contributed by atoms with Crippen molar-refractivity contribution in [2.24, 2.45) is 5.92 Å². The first-order valence-electron chi connectivity index (χ1n) is 10.9. The number of anilines is 2. The van der Waals surface area contributed by atoms with E-state index in [-0.39, 0.29) is 11.6 Å². The van der Waals surface area contributed by atoms with E-state index in [1.54, 1.807) is 30.6 Å². The minimum absolute atomic E-state index is 0.0416. The molecule has 1 saturated carbocycles. The number of pyridine rings is 1. The second-order valence-electron chi connectivity index (χ2n) is 8.64. The Bertz CT molecular complexity index is 1330. The Morgan fingerprint density at radius 3 is 2.88 bits per heavy atom. The summed E-state index contributed by atoms with van der Waals surface area (Å²) in [4.78, 5) is 24.0. The van der Waals surface area contributed by atoms with Crippen LogP contribution in [0.3, 0.4) is 0 Å². The molecule has 1 N–H and O–H groups in total. The minimum atomic E-state index is -0.614. The van der Waals surface area contributed by atoms with E-state index in [9.17, 15) is 9.18 Å². The molecule has 0 aliphatic heterocycles. The van der Waals surface area contributed by atoms with Crippen molar-refractivity contribution in [3.05, 3.63) is 48.0 Å². The predicted octanol–water partition coefficient (Wildman–Crippen LogP) is 4.77. The zero-order valence-electron chi connectivity index (χ0n) is 18.6. The highest BCUT2D eigenvalue weighted by molar-refractivity contribution is 7.22. The highest BCUT2D eigenvalue weighted by Crippen LogP contribution is 2.34. The molecule has 0 radical (unpaired) electrons. The Morgan fingerprint density at radius 2 is 2.12 bits per heavy atom. The summed E-state index contributed by atoms with van der Waals surface area (Å²) in [6, 6.07) is 8.26. The fourth-order valence-corrected chi connectivity index (χ4v) is 4.61. The maximum absolute atomic E-state index is 14.8. The van der Waals surface area contributed by atoms with E-state index >= 15 is 0 Å². The molecule has 3 aromatic heterocycles. The Labute approximate surface area is 194 Å². The SMILES string of the molecule is CC(C)n1cnnc1-c1cccc(NC(=O)c2cc3sc(N(C)CC4CC4)nc3cc2F)n1. The molecule has 3 heterocycles. The van der Waals surface area contributed by atoms with Gasteiger partial charge < -0.3 is 14.8 Å². The highest BCUT2D eigenvalue weighted by atomic mass is 32.1. The van der Waals surface area contributed by atoms with Gasteiger partial charge in [-0.3, -0.25) is 4.79 Å². The van der Waals surface area contributed by atoms with Crippen LogP contribution in [-0.4, -0.2) is 44.2 Å². The molecule has 0 bridgehead atoms. The first-order valence-corrected chi connectivity index (χ1v) is 11.7. The van der Waals surface area contributed by atoms with Crippen LogP contribution in [0, 0.1) is 11.7 Å². The predicted molar refractivity (Wildman–Crippen MR) is 127 cm³/mol. The molecule has 5 rings (SSSR count). The van der Waals surface area contributed by atoms with Crippen molar-refractivity contribution in [3.8, 4) is 11.5 Å². The third-order valence-electron chi connectivity index (χ3n) is 5.62. The monoisotopic (exact) mass is 465 g/mol. The van der Waals surface area contributed by atoms with Gasteiger partial charge in [0.2, 0.25) is 0 Å². The lowest BCUT2D eigenvalue weighted by Gasteiger charge is -2.14. The number of fused-ring (bicyclic) bond motifs is 1. The number of carbonyl (C=O) groups is 1. The van der Waals surface area contributed by atoms with Gasteiger partial charge in [-0.1, -0.05) is 17.4 Å². The number of hydrogen-bond acceptors (Lipinski definition) is 7. The van der Waals surface area contributed by atoms with Gasteiger partial charge in [-0.2, -0.15) is 0 Å². The maximum Gasteiger partial charge on any atom is 0.259 e. The van der Waals surface area contributed by atoms with E-state index in [0.29, 0.717) is 22.9 Å². The third kappa shape index (κ3) is 4.43. The molecule has 8 nitrogen and oxygen atoms in total. The largest absolute Gasteiger partial charge is 0.351 e. The van der Waals surface area contributed by atoms with Crippen LogP contribution in [0.25, 0.3) is 21.7 Å². The molecular formula is C23H24FN7OS. The van der Waals surface area contributed by atoms with Gasteiger partial charge in [0.1, 0.15) is 23.7 Å². The molecule has 4 aromatic rings. The van der Waals surface area contributed by atoms with Crippen LogP contribution in [-0.2, 0) is 0 Å². The second kappa shape index (κ2) is 8.51. The quantitative estimate of drug-likeness (QED) is 0.423. The summed E-state index contributed by atoms with van der Waals surface area (Å²) in [5, 5.41) is 11.6. The average molecular weight is 466 g/mol. The number of hydrogen-bond donors (Lipinski definition) is 1. The van der Waals surface area contributed by atoms with Crippen LogP contribution in [0.4, 0.5) is 15.3 Å². The minimum Gasteiger partial charge on any atom is -0.351 e. The normalized spacial score (nSPS) is 13.6. The third-order valence-corrected chi connectivity index (χ3v) is 6.75. The summed E-state index contributed by atoms with van der Waals surface area (Å²) in [6.45, 7) is 4.99. The molecule has 1 aromatic carbocycles. The van der Waals surface area contributed by atoms with Gasteiger partial charge in [0.15, 0.2) is 11.0 Å². The van der Waals surface area contributed by atoms with Gasteiger partial charge in [0.05, 0.1) is 15.8 Å². The van der Waals surface area contributed by atoms with Crippen molar-refractivity contribution in [1.29, 1.82) is 0 Å². The number of nitrogens with zero attached hydrogens (tertiary/aromatic N) is 6. The Morgan fingerprint density at radius 1 is 1.30 bits per heavy atom. The number of carbonyl (C=O) groups excluding carboxylic acids is 1. The summed E-state index contributed by atoms with van der Waals surface area (Å²) in [5.41, 5.74) is 1.08. The van der Waals surface area contributed by atoms with Crippen molar-refractivity contribution in [3.63, 3.8) is 0 Å². The smallest absolute Gasteiger partial charge is 0.259 e. The molecule has 10 heteroatoms. The summed E-state index contributed by atoms with van der Waals surface area (Å²) in [5.74, 6) is 0.450. The molecule has 33 heavy (non-hydrogen) atoms. The summed E-state index contributed by atoms with van der Waals surface area (Å²) in [6.07, 6.45) is 4.14. The maximum atomic E-state index is 14.8. The zero-order valence-corrected chi connectivity index (χ0v) is 19.4. The van der Waals surface area contributed by atoms with Crippen LogP contribution < -0.4 is 10.2 Å². The number of nitrogens with one attached hydrogen (secondary N) is 1. The molecule has 1 amide bonds. The number of halogens is 1. The lowest BCUT2D eigenvalue weighted by molar-refractivity contribution is 0.102. The molecule has 0 atom stereocenters.